The molecule has 170 valence electrons. The van der Waals surface area contributed by atoms with Gasteiger partial charge in [0.05, 0.1) is 17.0 Å². The zero-order valence-corrected chi connectivity index (χ0v) is 20.5. The summed E-state index contributed by atoms with van der Waals surface area (Å²) in [5.41, 5.74) is 2.40. The van der Waals surface area contributed by atoms with E-state index in [2.05, 4.69) is 18.7 Å². The summed E-state index contributed by atoms with van der Waals surface area (Å²) in [7, 11) is 0. The van der Waals surface area contributed by atoms with Gasteiger partial charge in [0, 0.05) is 23.8 Å². The Morgan fingerprint density at radius 2 is 1.70 bits per heavy atom. The number of thiocarbonyl (C=S) groups is 1. The summed E-state index contributed by atoms with van der Waals surface area (Å²) in [6.07, 6.45) is 1.66. The Morgan fingerprint density at radius 3 is 2.30 bits per heavy atom. The number of anilines is 2. The second kappa shape index (κ2) is 9.67. The summed E-state index contributed by atoms with van der Waals surface area (Å²) in [6.45, 7) is 6.03. The van der Waals surface area contributed by atoms with Crippen molar-refractivity contribution < 1.29 is 14.4 Å². The Labute approximate surface area is 207 Å². The molecule has 2 aliphatic rings. The van der Waals surface area contributed by atoms with Crippen molar-refractivity contribution in [3.63, 3.8) is 0 Å². The van der Waals surface area contributed by atoms with Gasteiger partial charge in [-0.05, 0) is 61.9 Å². The van der Waals surface area contributed by atoms with Crippen LogP contribution >= 0.6 is 35.6 Å². The number of halogens is 1. The van der Waals surface area contributed by atoms with E-state index in [0.717, 1.165) is 41.0 Å². The summed E-state index contributed by atoms with van der Waals surface area (Å²) < 4.78 is 0.273. The van der Waals surface area contributed by atoms with E-state index in [0.29, 0.717) is 15.6 Å². The van der Waals surface area contributed by atoms with Crippen LogP contribution in [0.25, 0.3) is 6.08 Å². The molecule has 1 atom stereocenters. The van der Waals surface area contributed by atoms with E-state index in [4.69, 9.17) is 23.8 Å². The van der Waals surface area contributed by atoms with Gasteiger partial charge in [-0.2, -0.15) is 0 Å². The van der Waals surface area contributed by atoms with Crippen molar-refractivity contribution in [2.75, 3.05) is 22.9 Å². The number of hydrogen-bond acceptors (Lipinski definition) is 6. The molecule has 3 amide bonds. The highest BCUT2D eigenvalue weighted by Crippen LogP contribution is 2.37. The van der Waals surface area contributed by atoms with Gasteiger partial charge in [0.15, 0.2) is 0 Å². The minimum absolute atomic E-state index is 0.111. The highest BCUT2D eigenvalue weighted by Gasteiger charge is 2.48. The third-order valence-corrected chi connectivity index (χ3v) is 7.24. The molecule has 2 aromatic rings. The summed E-state index contributed by atoms with van der Waals surface area (Å²) >= 11 is 12.5. The Bertz CT molecular complexity index is 1140. The average molecular weight is 500 g/mol. The monoisotopic (exact) mass is 499 g/mol. The van der Waals surface area contributed by atoms with Gasteiger partial charge >= 0.3 is 0 Å². The maximum Gasteiger partial charge on any atom is 0.266 e. The first-order chi connectivity index (χ1) is 15.8. The molecule has 0 aliphatic carbocycles. The lowest BCUT2D eigenvalue weighted by atomic mass is 10.1. The molecule has 0 radical (unpaired) electrons. The topological polar surface area (TPSA) is 60.9 Å². The molecular formula is C24H22ClN3O3S2. The number of thioether (sulfide) groups is 1. The number of amides is 3. The molecule has 2 aromatic carbocycles. The molecule has 4 rings (SSSR count). The molecule has 6 nitrogen and oxygen atoms in total. The molecule has 2 fully saturated rings. The molecule has 0 aromatic heterocycles. The minimum atomic E-state index is -0.948. The van der Waals surface area contributed by atoms with Crippen molar-refractivity contribution in [2.45, 2.75) is 26.3 Å². The van der Waals surface area contributed by atoms with Crippen LogP contribution in [0.1, 0.15) is 25.8 Å². The van der Waals surface area contributed by atoms with Gasteiger partial charge in [0.1, 0.15) is 10.4 Å². The maximum absolute atomic E-state index is 13.2. The van der Waals surface area contributed by atoms with Crippen molar-refractivity contribution in [1.82, 2.24) is 4.90 Å². The Morgan fingerprint density at radius 1 is 1.06 bits per heavy atom. The number of imide groups is 1. The van der Waals surface area contributed by atoms with Gasteiger partial charge in [-0.15, -0.1) is 0 Å². The molecule has 0 N–H and O–H groups in total. The first kappa shape index (κ1) is 23.5. The van der Waals surface area contributed by atoms with Gasteiger partial charge in [-0.3, -0.25) is 19.3 Å². The molecule has 1 unspecified atom stereocenters. The lowest BCUT2D eigenvalue weighted by Crippen LogP contribution is -2.44. The Balaban J connectivity index is 1.54. The van der Waals surface area contributed by atoms with Gasteiger partial charge in [0.2, 0.25) is 5.91 Å². The second-order valence-electron chi connectivity index (χ2n) is 7.58. The van der Waals surface area contributed by atoms with Crippen molar-refractivity contribution in [3.8, 4) is 0 Å². The normalized spacial score (nSPS) is 19.8. The fourth-order valence-corrected chi connectivity index (χ4v) is 5.43. The number of rotatable bonds is 6. The summed E-state index contributed by atoms with van der Waals surface area (Å²) in [6, 6.07) is 13.4. The largest absolute Gasteiger partial charge is 0.372 e. The van der Waals surface area contributed by atoms with Crippen LogP contribution in [0.2, 0.25) is 5.02 Å². The zero-order valence-electron chi connectivity index (χ0n) is 18.2. The highest BCUT2D eigenvalue weighted by molar-refractivity contribution is 8.26. The number of benzene rings is 2. The van der Waals surface area contributed by atoms with Crippen molar-refractivity contribution in [2.24, 2.45) is 0 Å². The van der Waals surface area contributed by atoms with Crippen LogP contribution in [0.15, 0.2) is 53.4 Å². The Hall–Kier alpha value is -2.68. The zero-order chi connectivity index (χ0) is 23.7. The molecular weight excluding hydrogens is 478 g/mol. The van der Waals surface area contributed by atoms with E-state index < -0.39 is 11.9 Å². The number of carbonyl (C=O) groups is 3. The van der Waals surface area contributed by atoms with Crippen molar-refractivity contribution in [3.05, 3.63) is 64.0 Å². The van der Waals surface area contributed by atoms with Crippen molar-refractivity contribution in [1.29, 1.82) is 0 Å². The first-order valence-corrected chi connectivity index (χ1v) is 12.2. The van der Waals surface area contributed by atoms with Gasteiger partial charge in [0.25, 0.3) is 11.8 Å². The Kier molecular flexibility index (Phi) is 6.88. The van der Waals surface area contributed by atoms with E-state index in [-0.39, 0.29) is 22.6 Å². The first-order valence-electron chi connectivity index (χ1n) is 10.6. The second-order valence-corrected chi connectivity index (χ2v) is 9.69. The van der Waals surface area contributed by atoms with Crippen molar-refractivity contribution >= 4 is 75.1 Å². The van der Waals surface area contributed by atoms with Crippen LogP contribution in [0, 0.1) is 0 Å². The molecule has 0 spiro atoms. The van der Waals surface area contributed by atoms with E-state index in [1.54, 1.807) is 30.3 Å². The lowest BCUT2D eigenvalue weighted by molar-refractivity contribution is -0.129. The van der Waals surface area contributed by atoms with Crippen LogP contribution in [0.4, 0.5) is 11.4 Å². The van der Waals surface area contributed by atoms with E-state index in [1.165, 1.54) is 4.90 Å². The van der Waals surface area contributed by atoms with Crippen LogP contribution in [0.3, 0.4) is 0 Å². The molecule has 0 saturated carbocycles. The van der Waals surface area contributed by atoms with E-state index in [9.17, 15) is 14.4 Å². The summed E-state index contributed by atoms with van der Waals surface area (Å²) in [5, 5.41) is 0.501. The fourth-order valence-electron chi connectivity index (χ4n) is 3.95. The van der Waals surface area contributed by atoms with E-state index >= 15 is 0 Å². The smallest absolute Gasteiger partial charge is 0.266 e. The average Bonchev–Trinajstić information content (AvgIpc) is 3.24. The summed E-state index contributed by atoms with van der Waals surface area (Å²) in [5.74, 6) is -1.21. The van der Waals surface area contributed by atoms with Gasteiger partial charge < -0.3 is 4.90 Å². The highest BCUT2D eigenvalue weighted by atomic mass is 35.5. The SMILES string of the molecule is CCN(CC)c1ccc(/C=C2\SC(=S)N(C3CC(=O)N(c4ccc(Cl)cc4)C3=O)C2=O)cc1. The fraction of sp³-hybridized carbons (Fsp3) is 0.250. The van der Waals surface area contributed by atoms with Crippen LogP contribution < -0.4 is 9.80 Å². The lowest BCUT2D eigenvalue weighted by Gasteiger charge is -2.21. The molecule has 0 bridgehead atoms. The van der Waals surface area contributed by atoms with Crippen LogP contribution in [-0.2, 0) is 14.4 Å². The third kappa shape index (κ3) is 4.55. The minimum Gasteiger partial charge on any atom is -0.372 e. The summed E-state index contributed by atoms with van der Waals surface area (Å²) in [4.78, 5) is 43.9. The predicted octanol–water partition coefficient (Wildman–Crippen LogP) is 4.72. The standard InChI is InChI=1S/C24H22ClN3O3S2/c1-3-26(4-2)17-9-5-15(6-10-17)13-20-23(31)28(24(32)33-20)19-14-21(29)27(22(19)30)18-11-7-16(25)8-12-18/h5-13,19H,3-4,14H2,1-2H3/b20-13-. The molecule has 9 heteroatoms. The molecule has 2 saturated heterocycles. The quantitative estimate of drug-likeness (QED) is 0.325. The molecule has 2 aliphatic heterocycles. The maximum atomic E-state index is 13.2. The molecule has 2 heterocycles. The van der Waals surface area contributed by atoms with Crippen LogP contribution in [-0.4, -0.2) is 46.1 Å². The van der Waals surface area contributed by atoms with Gasteiger partial charge in [-0.1, -0.05) is 47.7 Å². The third-order valence-electron chi connectivity index (χ3n) is 5.66. The molecule has 33 heavy (non-hydrogen) atoms. The van der Waals surface area contributed by atoms with Gasteiger partial charge in [-0.25, -0.2) is 4.90 Å². The van der Waals surface area contributed by atoms with E-state index in [1.807, 2.05) is 24.3 Å². The number of hydrogen-bond donors (Lipinski definition) is 0. The number of nitrogens with zero attached hydrogens (tertiary/aromatic N) is 3. The predicted molar refractivity (Wildman–Crippen MR) is 137 cm³/mol. The van der Waals surface area contributed by atoms with Crippen LogP contribution in [0.5, 0.6) is 0 Å². The number of carbonyl (C=O) groups excluding carboxylic acids is 3.